The van der Waals surface area contributed by atoms with E-state index in [9.17, 15) is 4.79 Å². The zero-order valence-electron chi connectivity index (χ0n) is 10.7. The molecular formula is C12H17N3OS2. The number of hydrogen-bond acceptors (Lipinski definition) is 5. The highest BCUT2D eigenvalue weighted by Crippen LogP contribution is 2.27. The number of fused-ring (bicyclic) bond motifs is 1. The number of hydrogen-bond donors (Lipinski definition) is 2. The minimum Gasteiger partial charge on any atom is -0.327 e. The summed E-state index contributed by atoms with van der Waals surface area (Å²) in [6.45, 7) is 6.03. The summed E-state index contributed by atoms with van der Waals surface area (Å²) in [5.74, 6) is 0.772. The van der Waals surface area contributed by atoms with E-state index in [1.165, 1.54) is 11.8 Å². The van der Waals surface area contributed by atoms with E-state index in [4.69, 9.17) is 5.73 Å². The molecule has 2 heterocycles. The summed E-state index contributed by atoms with van der Waals surface area (Å²) >= 11 is 3.08. The standard InChI is InChI=1S/C12H17N3OS2/c1-4-8(13)5-17-12-14-10(16)9-6(2)7(3)18-11(9)15-12/h8H,4-5,13H2,1-3H3,(H,14,15,16). The van der Waals surface area contributed by atoms with E-state index < -0.39 is 0 Å². The number of aryl methyl sites for hydroxylation is 2. The summed E-state index contributed by atoms with van der Waals surface area (Å²) in [5, 5.41) is 1.39. The van der Waals surface area contributed by atoms with Gasteiger partial charge in [0.1, 0.15) is 4.83 Å². The van der Waals surface area contributed by atoms with Crippen molar-refractivity contribution in [3.63, 3.8) is 0 Å². The topological polar surface area (TPSA) is 71.8 Å². The van der Waals surface area contributed by atoms with Gasteiger partial charge in [0, 0.05) is 16.7 Å². The van der Waals surface area contributed by atoms with Gasteiger partial charge in [-0.1, -0.05) is 18.7 Å². The monoisotopic (exact) mass is 283 g/mol. The van der Waals surface area contributed by atoms with Crippen LogP contribution in [0.2, 0.25) is 0 Å². The summed E-state index contributed by atoms with van der Waals surface area (Å²) in [6.07, 6.45) is 0.927. The SMILES string of the molecule is CCC(N)CSc1nc2sc(C)c(C)c2c(=O)[nH]1. The van der Waals surface area contributed by atoms with Crippen LogP contribution in [0.5, 0.6) is 0 Å². The van der Waals surface area contributed by atoms with Crippen molar-refractivity contribution in [3.8, 4) is 0 Å². The number of rotatable bonds is 4. The molecule has 4 nitrogen and oxygen atoms in total. The van der Waals surface area contributed by atoms with Crippen molar-refractivity contribution in [1.82, 2.24) is 9.97 Å². The van der Waals surface area contributed by atoms with Gasteiger partial charge in [0.15, 0.2) is 5.16 Å². The Kier molecular flexibility index (Phi) is 4.09. The molecule has 0 saturated carbocycles. The van der Waals surface area contributed by atoms with Crippen LogP contribution in [0.15, 0.2) is 9.95 Å². The third kappa shape index (κ3) is 2.60. The Bertz CT molecular complexity index is 618. The second-order valence-electron chi connectivity index (χ2n) is 4.31. The van der Waals surface area contributed by atoms with Crippen LogP contribution >= 0.6 is 23.1 Å². The van der Waals surface area contributed by atoms with Gasteiger partial charge in [-0.2, -0.15) is 0 Å². The molecule has 0 aliphatic carbocycles. The summed E-state index contributed by atoms with van der Waals surface area (Å²) in [4.78, 5) is 21.3. The van der Waals surface area contributed by atoms with Crippen molar-refractivity contribution >= 4 is 33.3 Å². The van der Waals surface area contributed by atoms with E-state index in [-0.39, 0.29) is 11.6 Å². The summed E-state index contributed by atoms with van der Waals surface area (Å²) < 4.78 is 0. The zero-order chi connectivity index (χ0) is 13.3. The van der Waals surface area contributed by atoms with Gasteiger partial charge in [-0.25, -0.2) is 4.98 Å². The minimum atomic E-state index is -0.0468. The molecule has 0 bridgehead atoms. The Morgan fingerprint density at radius 3 is 2.89 bits per heavy atom. The molecule has 2 aromatic rings. The van der Waals surface area contributed by atoms with Crippen molar-refractivity contribution in [2.24, 2.45) is 5.73 Å². The van der Waals surface area contributed by atoms with Crippen LogP contribution in [0.3, 0.4) is 0 Å². The molecule has 1 atom stereocenters. The molecule has 98 valence electrons. The number of aromatic nitrogens is 2. The van der Waals surface area contributed by atoms with Crippen molar-refractivity contribution in [2.45, 2.75) is 38.4 Å². The van der Waals surface area contributed by atoms with Crippen LogP contribution in [-0.4, -0.2) is 21.8 Å². The largest absolute Gasteiger partial charge is 0.327 e. The van der Waals surface area contributed by atoms with Gasteiger partial charge in [-0.05, 0) is 25.8 Å². The molecule has 2 aromatic heterocycles. The first kappa shape index (κ1) is 13.6. The van der Waals surface area contributed by atoms with Crippen LogP contribution in [0.4, 0.5) is 0 Å². The molecule has 0 radical (unpaired) electrons. The number of nitrogens with two attached hydrogens (primary N) is 1. The summed E-state index contributed by atoms with van der Waals surface area (Å²) in [6, 6.07) is 0.141. The Morgan fingerprint density at radius 1 is 1.50 bits per heavy atom. The Labute approximate surface area is 114 Å². The third-order valence-corrected chi connectivity index (χ3v) is 5.14. The van der Waals surface area contributed by atoms with Crippen molar-refractivity contribution < 1.29 is 0 Å². The second-order valence-corrected chi connectivity index (χ2v) is 6.53. The lowest BCUT2D eigenvalue weighted by Crippen LogP contribution is -2.21. The van der Waals surface area contributed by atoms with Crippen LogP contribution in [0.1, 0.15) is 23.8 Å². The molecule has 18 heavy (non-hydrogen) atoms. The maximum Gasteiger partial charge on any atom is 0.260 e. The number of aromatic amines is 1. The lowest BCUT2D eigenvalue weighted by atomic mass is 10.2. The summed E-state index contributed by atoms with van der Waals surface area (Å²) in [5.41, 5.74) is 6.85. The fourth-order valence-electron chi connectivity index (χ4n) is 1.61. The number of nitrogens with one attached hydrogen (secondary N) is 1. The normalized spacial score (nSPS) is 13.1. The average molecular weight is 283 g/mol. The molecule has 0 aliphatic heterocycles. The van der Waals surface area contributed by atoms with E-state index in [0.29, 0.717) is 5.16 Å². The van der Waals surface area contributed by atoms with Gasteiger partial charge in [0.2, 0.25) is 0 Å². The smallest absolute Gasteiger partial charge is 0.260 e. The molecule has 1 unspecified atom stereocenters. The maximum atomic E-state index is 12.0. The van der Waals surface area contributed by atoms with Crippen LogP contribution in [0, 0.1) is 13.8 Å². The number of H-pyrrole nitrogens is 1. The molecule has 2 rings (SSSR count). The van der Waals surface area contributed by atoms with Gasteiger partial charge in [0.05, 0.1) is 5.39 Å². The molecule has 0 aliphatic rings. The molecule has 0 amide bonds. The number of thiophene rings is 1. The van der Waals surface area contributed by atoms with Gasteiger partial charge in [-0.3, -0.25) is 4.79 Å². The molecular weight excluding hydrogens is 266 g/mol. The zero-order valence-corrected chi connectivity index (χ0v) is 12.4. The summed E-state index contributed by atoms with van der Waals surface area (Å²) in [7, 11) is 0. The van der Waals surface area contributed by atoms with Crippen molar-refractivity contribution in [2.75, 3.05) is 5.75 Å². The van der Waals surface area contributed by atoms with E-state index in [1.807, 2.05) is 13.8 Å². The van der Waals surface area contributed by atoms with E-state index in [2.05, 4.69) is 16.9 Å². The third-order valence-electron chi connectivity index (χ3n) is 2.98. The highest BCUT2D eigenvalue weighted by Gasteiger charge is 2.12. The number of nitrogens with zero attached hydrogens (tertiary/aromatic N) is 1. The quantitative estimate of drug-likeness (QED) is 0.668. The van der Waals surface area contributed by atoms with Crippen LogP contribution in [-0.2, 0) is 0 Å². The Morgan fingerprint density at radius 2 is 2.22 bits per heavy atom. The molecule has 0 fully saturated rings. The first-order valence-corrected chi connectivity index (χ1v) is 7.71. The lowest BCUT2D eigenvalue weighted by Gasteiger charge is -2.06. The first-order valence-electron chi connectivity index (χ1n) is 5.91. The maximum absolute atomic E-state index is 12.0. The predicted octanol–water partition coefficient (Wildman–Crippen LogP) is 2.43. The number of thioether (sulfide) groups is 1. The first-order chi connectivity index (χ1) is 8.52. The fraction of sp³-hybridized carbons (Fsp3) is 0.500. The van der Waals surface area contributed by atoms with Gasteiger partial charge < -0.3 is 10.7 Å². The molecule has 0 aromatic carbocycles. The van der Waals surface area contributed by atoms with E-state index >= 15 is 0 Å². The molecule has 6 heteroatoms. The predicted molar refractivity (Wildman–Crippen MR) is 78.7 cm³/mol. The van der Waals surface area contributed by atoms with Crippen molar-refractivity contribution in [3.05, 3.63) is 20.8 Å². The molecule has 0 spiro atoms. The second kappa shape index (κ2) is 5.42. The van der Waals surface area contributed by atoms with Crippen LogP contribution in [0.25, 0.3) is 10.2 Å². The average Bonchev–Trinajstić information content (AvgIpc) is 2.62. The van der Waals surface area contributed by atoms with Gasteiger partial charge >= 0.3 is 0 Å². The molecule has 0 saturated heterocycles. The van der Waals surface area contributed by atoms with Crippen LogP contribution < -0.4 is 11.3 Å². The highest BCUT2D eigenvalue weighted by atomic mass is 32.2. The molecule has 3 N–H and O–H groups in total. The minimum absolute atomic E-state index is 0.0468. The van der Waals surface area contributed by atoms with Crippen molar-refractivity contribution in [1.29, 1.82) is 0 Å². The van der Waals surface area contributed by atoms with E-state index in [1.54, 1.807) is 11.3 Å². The Hall–Kier alpha value is -0.850. The van der Waals surface area contributed by atoms with Gasteiger partial charge in [0.25, 0.3) is 5.56 Å². The fourth-order valence-corrected chi connectivity index (χ4v) is 3.62. The van der Waals surface area contributed by atoms with E-state index in [0.717, 1.165) is 32.8 Å². The Balaban J connectivity index is 2.35. The highest BCUT2D eigenvalue weighted by molar-refractivity contribution is 7.99. The van der Waals surface area contributed by atoms with Gasteiger partial charge in [-0.15, -0.1) is 11.3 Å². The lowest BCUT2D eigenvalue weighted by molar-refractivity contribution is 0.723.